The molecule has 0 bridgehead atoms. The molecule has 0 spiro atoms. The van der Waals surface area contributed by atoms with Gasteiger partial charge in [0, 0.05) is 11.6 Å². The summed E-state index contributed by atoms with van der Waals surface area (Å²) >= 11 is 12.2. The molecule has 0 fully saturated rings. The molecule has 6 nitrogen and oxygen atoms in total. The molecular formula is C23H21Cl2NO5. The Bertz CT molecular complexity index is 1100. The Balaban J connectivity index is 2.00. The third-order valence-corrected chi connectivity index (χ3v) is 5.11. The van der Waals surface area contributed by atoms with Gasteiger partial charge in [0.15, 0.2) is 0 Å². The van der Waals surface area contributed by atoms with Gasteiger partial charge in [0.1, 0.15) is 28.9 Å². The van der Waals surface area contributed by atoms with E-state index in [-0.39, 0.29) is 29.0 Å². The summed E-state index contributed by atoms with van der Waals surface area (Å²) in [7, 11) is 1.57. The van der Waals surface area contributed by atoms with Crippen LogP contribution in [0.15, 0.2) is 48.5 Å². The monoisotopic (exact) mass is 461 g/mol. The van der Waals surface area contributed by atoms with Crippen molar-refractivity contribution in [3.63, 3.8) is 0 Å². The molecule has 0 unspecified atom stereocenters. The molecule has 1 N–H and O–H groups in total. The molecule has 3 aromatic rings. The van der Waals surface area contributed by atoms with Crippen LogP contribution >= 0.6 is 23.2 Å². The van der Waals surface area contributed by atoms with Gasteiger partial charge in [-0.25, -0.2) is 9.78 Å². The summed E-state index contributed by atoms with van der Waals surface area (Å²) in [5.41, 5.74) is 1.52. The Labute approximate surface area is 190 Å². The minimum Gasteiger partial charge on any atom is -0.497 e. The summed E-state index contributed by atoms with van der Waals surface area (Å²) < 4.78 is 16.9. The van der Waals surface area contributed by atoms with Gasteiger partial charge < -0.3 is 19.3 Å². The van der Waals surface area contributed by atoms with E-state index >= 15 is 0 Å². The molecule has 0 aliphatic carbocycles. The minimum atomic E-state index is -1.11. The van der Waals surface area contributed by atoms with Crippen molar-refractivity contribution in [1.82, 2.24) is 4.98 Å². The maximum absolute atomic E-state index is 11.7. The first kappa shape index (κ1) is 22.7. The van der Waals surface area contributed by atoms with E-state index in [1.54, 1.807) is 43.5 Å². The standard InChI is InChI=1S/C23H21Cl2NO5/c1-13(2)31-21-11-14(29-3)7-8-15(21)18-10-9-16(23(27)28)19(26-18)12-30-20-6-4-5-17(24)22(20)25/h4-11,13H,12H2,1-3H3,(H,27,28). The zero-order chi connectivity index (χ0) is 22.5. The number of carboxylic acids is 1. The van der Waals surface area contributed by atoms with Crippen LogP contribution in [0.3, 0.4) is 0 Å². The van der Waals surface area contributed by atoms with Crippen LogP contribution in [0.25, 0.3) is 11.3 Å². The fourth-order valence-corrected chi connectivity index (χ4v) is 3.24. The molecule has 2 aromatic carbocycles. The second-order valence-corrected chi connectivity index (χ2v) is 7.65. The van der Waals surface area contributed by atoms with Crippen molar-refractivity contribution < 1.29 is 24.1 Å². The fourth-order valence-electron chi connectivity index (χ4n) is 2.89. The van der Waals surface area contributed by atoms with Crippen LogP contribution in [0.5, 0.6) is 17.2 Å². The van der Waals surface area contributed by atoms with Gasteiger partial charge in [-0.3, -0.25) is 0 Å². The van der Waals surface area contributed by atoms with Crippen LogP contribution in [0.4, 0.5) is 0 Å². The normalized spacial score (nSPS) is 10.8. The lowest BCUT2D eigenvalue weighted by Crippen LogP contribution is -2.10. The molecule has 0 atom stereocenters. The zero-order valence-electron chi connectivity index (χ0n) is 17.2. The molecule has 0 saturated carbocycles. The van der Waals surface area contributed by atoms with Crippen LogP contribution in [0, 0.1) is 0 Å². The quantitative estimate of drug-likeness (QED) is 0.434. The van der Waals surface area contributed by atoms with E-state index in [4.69, 9.17) is 37.4 Å². The molecule has 0 aliphatic heterocycles. The summed E-state index contributed by atoms with van der Waals surface area (Å²) in [4.78, 5) is 16.3. The van der Waals surface area contributed by atoms with Crippen LogP contribution in [0.1, 0.15) is 29.9 Å². The van der Waals surface area contributed by atoms with E-state index in [0.29, 0.717) is 33.5 Å². The number of benzene rings is 2. The van der Waals surface area contributed by atoms with E-state index in [0.717, 1.165) is 0 Å². The highest BCUT2D eigenvalue weighted by Gasteiger charge is 2.18. The summed E-state index contributed by atoms with van der Waals surface area (Å²) in [5, 5.41) is 10.2. The van der Waals surface area contributed by atoms with Gasteiger partial charge in [0.05, 0.1) is 35.2 Å². The first-order chi connectivity index (χ1) is 14.8. The molecule has 162 valence electrons. The number of carboxylic acid groups (broad SMARTS) is 1. The van der Waals surface area contributed by atoms with Crippen molar-refractivity contribution in [3.8, 4) is 28.5 Å². The Morgan fingerprint density at radius 1 is 1.10 bits per heavy atom. The molecule has 0 amide bonds. The van der Waals surface area contributed by atoms with E-state index in [2.05, 4.69) is 4.98 Å². The van der Waals surface area contributed by atoms with Crippen molar-refractivity contribution in [2.45, 2.75) is 26.6 Å². The second-order valence-electron chi connectivity index (χ2n) is 6.87. The number of aromatic nitrogens is 1. The van der Waals surface area contributed by atoms with Gasteiger partial charge in [-0.05, 0) is 50.2 Å². The fraction of sp³-hybridized carbons (Fsp3) is 0.217. The lowest BCUT2D eigenvalue weighted by atomic mass is 10.1. The largest absolute Gasteiger partial charge is 0.497 e. The number of nitrogens with zero attached hydrogens (tertiary/aromatic N) is 1. The van der Waals surface area contributed by atoms with E-state index in [9.17, 15) is 9.90 Å². The first-order valence-corrected chi connectivity index (χ1v) is 10.2. The lowest BCUT2D eigenvalue weighted by Gasteiger charge is -2.16. The number of rotatable bonds is 8. The van der Waals surface area contributed by atoms with Gasteiger partial charge >= 0.3 is 5.97 Å². The minimum absolute atomic E-state index is 0.0294. The van der Waals surface area contributed by atoms with Crippen molar-refractivity contribution >= 4 is 29.2 Å². The number of pyridine rings is 1. The third-order valence-electron chi connectivity index (χ3n) is 4.31. The molecule has 0 aliphatic rings. The maximum atomic E-state index is 11.7. The highest BCUT2D eigenvalue weighted by molar-refractivity contribution is 6.42. The molecule has 0 saturated heterocycles. The van der Waals surface area contributed by atoms with E-state index < -0.39 is 5.97 Å². The number of ether oxygens (including phenoxy) is 3. The van der Waals surface area contributed by atoms with Crippen molar-refractivity contribution in [1.29, 1.82) is 0 Å². The maximum Gasteiger partial charge on any atom is 0.337 e. The SMILES string of the molecule is COc1ccc(-c2ccc(C(=O)O)c(COc3cccc(Cl)c3Cl)n2)c(OC(C)C)c1. The number of hydrogen-bond acceptors (Lipinski definition) is 5. The van der Waals surface area contributed by atoms with Crippen molar-refractivity contribution in [3.05, 3.63) is 69.8 Å². The molecule has 8 heteroatoms. The van der Waals surface area contributed by atoms with Crippen molar-refractivity contribution in [2.75, 3.05) is 7.11 Å². The Morgan fingerprint density at radius 3 is 2.55 bits per heavy atom. The average molecular weight is 462 g/mol. The number of hydrogen-bond donors (Lipinski definition) is 1. The van der Waals surface area contributed by atoms with E-state index in [1.165, 1.54) is 6.07 Å². The predicted octanol–water partition coefficient (Wildman–Crippen LogP) is 6.13. The third kappa shape index (κ3) is 5.40. The molecule has 1 aromatic heterocycles. The van der Waals surface area contributed by atoms with Crippen molar-refractivity contribution in [2.24, 2.45) is 0 Å². The van der Waals surface area contributed by atoms with Gasteiger partial charge in [0.25, 0.3) is 0 Å². The average Bonchev–Trinajstić information content (AvgIpc) is 2.74. The van der Waals surface area contributed by atoms with Gasteiger partial charge in [-0.1, -0.05) is 29.3 Å². The van der Waals surface area contributed by atoms with Gasteiger partial charge in [0.2, 0.25) is 0 Å². The van der Waals surface area contributed by atoms with Crippen LogP contribution in [-0.2, 0) is 6.61 Å². The first-order valence-electron chi connectivity index (χ1n) is 9.45. The topological polar surface area (TPSA) is 77.9 Å². The van der Waals surface area contributed by atoms with E-state index in [1.807, 2.05) is 19.9 Å². The molecular weight excluding hydrogens is 441 g/mol. The summed E-state index contributed by atoms with van der Waals surface area (Å²) in [6.45, 7) is 3.72. The summed E-state index contributed by atoms with van der Waals surface area (Å²) in [6.07, 6.45) is -0.0723. The number of methoxy groups -OCH3 is 1. The second kappa shape index (κ2) is 9.90. The van der Waals surface area contributed by atoms with Crippen LogP contribution in [-0.4, -0.2) is 29.3 Å². The lowest BCUT2D eigenvalue weighted by molar-refractivity contribution is 0.0693. The Kier molecular flexibility index (Phi) is 7.25. The Morgan fingerprint density at radius 2 is 1.87 bits per heavy atom. The Hall–Kier alpha value is -2.96. The van der Waals surface area contributed by atoms with Crippen LogP contribution < -0.4 is 14.2 Å². The molecule has 0 radical (unpaired) electrons. The molecule has 3 rings (SSSR count). The highest BCUT2D eigenvalue weighted by Crippen LogP contribution is 2.35. The highest BCUT2D eigenvalue weighted by atomic mass is 35.5. The zero-order valence-corrected chi connectivity index (χ0v) is 18.7. The number of halogens is 2. The number of aromatic carboxylic acids is 1. The van der Waals surface area contributed by atoms with Gasteiger partial charge in [-0.2, -0.15) is 0 Å². The molecule has 31 heavy (non-hydrogen) atoms. The van der Waals surface area contributed by atoms with Crippen LogP contribution in [0.2, 0.25) is 10.0 Å². The summed E-state index contributed by atoms with van der Waals surface area (Å²) in [6, 6.07) is 13.5. The predicted molar refractivity (Wildman–Crippen MR) is 120 cm³/mol. The summed E-state index contributed by atoms with van der Waals surface area (Å²) in [5.74, 6) is 0.449. The van der Waals surface area contributed by atoms with Gasteiger partial charge in [-0.15, -0.1) is 0 Å². The molecule has 1 heterocycles. The number of carbonyl (C=O) groups is 1. The smallest absolute Gasteiger partial charge is 0.337 e.